The maximum atomic E-state index is 11.7. The minimum Gasteiger partial charge on any atom is -0.381 e. The summed E-state index contributed by atoms with van der Waals surface area (Å²) in [6, 6.07) is 0.622. The number of carbonyl (C=O) groups is 1. The van der Waals surface area contributed by atoms with Crippen molar-refractivity contribution in [3.63, 3.8) is 0 Å². The minimum absolute atomic E-state index is 0.103. The maximum Gasteiger partial charge on any atom is 0.221 e. The van der Waals surface area contributed by atoms with E-state index in [0.717, 1.165) is 39.0 Å². The van der Waals surface area contributed by atoms with Gasteiger partial charge in [0.05, 0.1) is 0 Å². The van der Waals surface area contributed by atoms with E-state index in [1.165, 1.54) is 0 Å². The highest BCUT2D eigenvalue weighted by Crippen LogP contribution is 2.16. The lowest BCUT2D eigenvalue weighted by Gasteiger charge is -2.36. The number of nitrogens with zero attached hydrogens (tertiary/aromatic N) is 1. The summed E-state index contributed by atoms with van der Waals surface area (Å²) in [5, 5.41) is 2.91. The average Bonchev–Trinajstić information content (AvgIpc) is 2.42. The van der Waals surface area contributed by atoms with Crippen LogP contribution >= 0.6 is 0 Å². The Morgan fingerprint density at radius 3 is 2.72 bits per heavy atom. The SMILES string of the molecule is CCCNC(=O)CC(CN)N(C)C1CCOCC1. The first-order chi connectivity index (χ1) is 8.69. The Hall–Kier alpha value is -0.650. The monoisotopic (exact) mass is 257 g/mol. The van der Waals surface area contributed by atoms with Gasteiger partial charge in [-0.05, 0) is 26.3 Å². The summed E-state index contributed by atoms with van der Waals surface area (Å²) in [7, 11) is 2.07. The predicted octanol–water partition coefficient (Wildman–Crippen LogP) is 0.341. The zero-order chi connectivity index (χ0) is 13.4. The number of likely N-dealkylation sites (N-methyl/N-ethyl adjacent to an activating group) is 1. The van der Waals surface area contributed by atoms with Crippen molar-refractivity contribution in [2.45, 2.75) is 44.7 Å². The highest BCUT2D eigenvalue weighted by molar-refractivity contribution is 5.76. The molecule has 1 fully saturated rings. The van der Waals surface area contributed by atoms with E-state index in [1.54, 1.807) is 0 Å². The van der Waals surface area contributed by atoms with Crippen LogP contribution in [0, 0.1) is 0 Å². The molecule has 1 amide bonds. The molecule has 1 unspecified atom stereocenters. The van der Waals surface area contributed by atoms with Gasteiger partial charge in [-0.2, -0.15) is 0 Å². The van der Waals surface area contributed by atoms with Crippen LogP contribution < -0.4 is 11.1 Å². The number of nitrogens with one attached hydrogen (secondary N) is 1. The van der Waals surface area contributed by atoms with Crippen molar-refractivity contribution in [2.24, 2.45) is 5.73 Å². The molecule has 5 nitrogen and oxygen atoms in total. The third kappa shape index (κ3) is 4.92. The lowest BCUT2D eigenvalue weighted by atomic mass is 10.0. The molecule has 0 aromatic carbocycles. The van der Waals surface area contributed by atoms with Crippen molar-refractivity contribution in [1.82, 2.24) is 10.2 Å². The number of nitrogens with two attached hydrogens (primary N) is 1. The fraction of sp³-hybridized carbons (Fsp3) is 0.923. The first kappa shape index (κ1) is 15.4. The van der Waals surface area contributed by atoms with Crippen LogP contribution in [-0.2, 0) is 9.53 Å². The second kappa shape index (κ2) is 8.45. The molecule has 1 aliphatic heterocycles. The summed E-state index contributed by atoms with van der Waals surface area (Å²) >= 11 is 0. The molecule has 0 aromatic heterocycles. The van der Waals surface area contributed by atoms with Gasteiger partial charge in [-0.3, -0.25) is 9.69 Å². The van der Waals surface area contributed by atoms with E-state index < -0.39 is 0 Å². The van der Waals surface area contributed by atoms with Gasteiger partial charge in [0.2, 0.25) is 5.91 Å². The summed E-state index contributed by atoms with van der Waals surface area (Å²) in [6.07, 6.45) is 3.52. The molecule has 1 rings (SSSR count). The van der Waals surface area contributed by atoms with Gasteiger partial charge in [-0.25, -0.2) is 0 Å². The maximum absolute atomic E-state index is 11.7. The Labute approximate surface area is 110 Å². The highest BCUT2D eigenvalue weighted by atomic mass is 16.5. The molecule has 1 aliphatic rings. The third-order valence-electron chi connectivity index (χ3n) is 3.61. The summed E-state index contributed by atoms with van der Waals surface area (Å²) in [5.41, 5.74) is 5.80. The number of hydrogen-bond acceptors (Lipinski definition) is 4. The van der Waals surface area contributed by atoms with Crippen molar-refractivity contribution in [1.29, 1.82) is 0 Å². The quantitative estimate of drug-likeness (QED) is 0.690. The summed E-state index contributed by atoms with van der Waals surface area (Å²) in [6.45, 7) is 4.95. The number of rotatable bonds is 7. The Bertz CT molecular complexity index is 242. The normalized spacial score (nSPS) is 18.9. The van der Waals surface area contributed by atoms with Crippen molar-refractivity contribution >= 4 is 5.91 Å². The van der Waals surface area contributed by atoms with E-state index in [2.05, 4.69) is 24.2 Å². The number of ether oxygens (including phenoxy) is 1. The fourth-order valence-corrected chi connectivity index (χ4v) is 2.33. The van der Waals surface area contributed by atoms with Crippen LogP contribution in [0.15, 0.2) is 0 Å². The van der Waals surface area contributed by atoms with Gasteiger partial charge in [-0.1, -0.05) is 6.92 Å². The fourth-order valence-electron chi connectivity index (χ4n) is 2.33. The van der Waals surface area contributed by atoms with Gasteiger partial charge in [0, 0.05) is 44.8 Å². The first-order valence-corrected chi connectivity index (χ1v) is 6.95. The largest absolute Gasteiger partial charge is 0.381 e. The van der Waals surface area contributed by atoms with Gasteiger partial charge < -0.3 is 15.8 Å². The second-order valence-electron chi connectivity index (χ2n) is 4.95. The standard InChI is InChI=1S/C13H27N3O2/c1-3-6-15-13(17)9-12(10-14)16(2)11-4-7-18-8-5-11/h11-12H,3-10,14H2,1-2H3,(H,15,17). The molecule has 0 saturated carbocycles. The van der Waals surface area contributed by atoms with Gasteiger partial charge in [0.1, 0.15) is 0 Å². The van der Waals surface area contributed by atoms with Gasteiger partial charge in [0.25, 0.3) is 0 Å². The summed E-state index contributed by atoms with van der Waals surface area (Å²) in [5.74, 6) is 0.103. The molecule has 3 N–H and O–H groups in total. The Balaban J connectivity index is 2.40. The molecule has 1 heterocycles. The summed E-state index contributed by atoms with van der Waals surface area (Å²) < 4.78 is 5.36. The van der Waals surface area contributed by atoms with E-state index in [1.807, 2.05) is 0 Å². The minimum atomic E-state index is 0.103. The van der Waals surface area contributed by atoms with Gasteiger partial charge >= 0.3 is 0 Å². The molecule has 1 atom stereocenters. The van der Waals surface area contributed by atoms with Crippen LogP contribution in [0.3, 0.4) is 0 Å². The van der Waals surface area contributed by atoms with E-state index in [4.69, 9.17) is 10.5 Å². The Kier molecular flexibility index (Phi) is 7.23. The van der Waals surface area contributed by atoms with E-state index in [-0.39, 0.29) is 11.9 Å². The van der Waals surface area contributed by atoms with Crippen LogP contribution in [0.2, 0.25) is 0 Å². The molecule has 0 aliphatic carbocycles. The third-order valence-corrected chi connectivity index (χ3v) is 3.61. The predicted molar refractivity (Wildman–Crippen MR) is 72.4 cm³/mol. The van der Waals surface area contributed by atoms with Crippen molar-refractivity contribution in [3.8, 4) is 0 Å². The van der Waals surface area contributed by atoms with Crippen LogP contribution in [0.25, 0.3) is 0 Å². The van der Waals surface area contributed by atoms with Crippen LogP contribution in [0.1, 0.15) is 32.6 Å². The van der Waals surface area contributed by atoms with E-state index >= 15 is 0 Å². The molecule has 0 spiro atoms. The molecule has 5 heteroatoms. The molecule has 18 heavy (non-hydrogen) atoms. The zero-order valence-corrected chi connectivity index (χ0v) is 11.7. The molecule has 1 saturated heterocycles. The van der Waals surface area contributed by atoms with Crippen LogP contribution in [0.5, 0.6) is 0 Å². The number of hydrogen-bond donors (Lipinski definition) is 2. The van der Waals surface area contributed by atoms with Crippen molar-refractivity contribution in [3.05, 3.63) is 0 Å². The average molecular weight is 257 g/mol. The second-order valence-corrected chi connectivity index (χ2v) is 4.95. The molecule has 0 radical (unpaired) electrons. The molecular formula is C13H27N3O2. The topological polar surface area (TPSA) is 67.6 Å². The Morgan fingerprint density at radius 1 is 1.50 bits per heavy atom. The highest BCUT2D eigenvalue weighted by Gasteiger charge is 2.25. The van der Waals surface area contributed by atoms with Crippen molar-refractivity contribution < 1.29 is 9.53 Å². The lowest BCUT2D eigenvalue weighted by molar-refractivity contribution is -0.122. The smallest absolute Gasteiger partial charge is 0.221 e. The van der Waals surface area contributed by atoms with Crippen LogP contribution in [-0.4, -0.2) is 56.2 Å². The molecular weight excluding hydrogens is 230 g/mol. The number of amides is 1. The van der Waals surface area contributed by atoms with Gasteiger partial charge in [0.15, 0.2) is 0 Å². The molecule has 106 valence electrons. The van der Waals surface area contributed by atoms with Crippen LogP contribution in [0.4, 0.5) is 0 Å². The van der Waals surface area contributed by atoms with Gasteiger partial charge in [-0.15, -0.1) is 0 Å². The Morgan fingerprint density at radius 2 is 2.17 bits per heavy atom. The van der Waals surface area contributed by atoms with E-state index in [9.17, 15) is 4.79 Å². The summed E-state index contributed by atoms with van der Waals surface area (Å²) in [4.78, 5) is 14.0. The molecule has 0 bridgehead atoms. The van der Waals surface area contributed by atoms with E-state index in [0.29, 0.717) is 19.0 Å². The van der Waals surface area contributed by atoms with Crippen molar-refractivity contribution in [2.75, 3.05) is 33.4 Å². The lowest BCUT2D eigenvalue weighted by Crippen LogP contribution is -2.48. The zero-order valence-electron chi connectivity index (χ0n) is 11.7. The first-order valence-electron chi connectivity index (χ1n) is 6.95. The number of carbonyl (C=O) groups excluding carboxylic acids is 1. The molecule has 0 aromatic rings.